The normalized spacial score (nSPS) is 7.25. The molecule has 0 atom stereocenters. The van der Waals surface area contributed by atoms with Crippen LogP contribution in [0, 0.1) is 0 Å². The van der Waals surface area contributed by atoms with E-state index in [1.807, 2.05) is 0 Å². The summed E-state index contributed by atoms with van der Waals surface area (Å²) in [5.74, 6) is -0.125. The molecule has 0 saturated heterocycles. The van der Waals surface area contributed by atoms with Crippen molar-refractivity contribution in [3.8, 4) is 0 Å². The van der Waals surface area contributed by atoms with Crippen LogP contribution >= 0.6 is 0 Å². The van der Waals surface area contributed by atoms with E-state index in [-0.39, 0.29) is 39.1 Å². The van der Waals surface area contributed by atoms with Crippen molar-refractivity contribution in [1.29, 1.82) is 0 Å². The number of Topliss-reactive ketones (excluding diaryl/α,β-unsaturated/α-hetero) is 2. The Bertz CT molecular complexity index is 86.6. The zero-order chi connectivity index (χ0) is 5.86. The van der Waals surface area contributed by atoms with Crippen LogP contribution in [0.5, 0.6) is 0 Å². The predicted molar refractivity (Wildman–Crippen MR) is 26.0 cm³/mol. The molecule has 0 heterocycles. The number of carbonyl (C=O) groups is 2. The Balaban J connectivity index is 0. The fourth-order valence-corrected chi connectivity index (χ4v) is 0.351. The molecule has 0 fully saturated rings. The van der Waals surface area contributed by atoms with Crippen molar-refractivity contribution in [3.05, 3.63) is 0 Å². The van der Waals surface area contributed by atoms with Crippen LogP contribution in [0.1, 0.15) is 20.3 Å². The van der Waals surface area contributed by atoms with Crippen LogP contribution < -0.4 is 0 Å². The molecule has 48 valence electrons. The van der Waals surface area contributed by atoms with Crippen LogP contribution in [0.2, 0.25) is 0 Å². The van der Waals surface area contributed by atoms with Gasteiger partial charge in [-0.1, -0.05) is 0 Å². The average Bonchev–Trinajstić information content (AvgIpc) is 1.27. The Hall–Kier alpha value is 0.0283. The largest absolute Gasteiger partial charge is 2.00 e. The molecule has 0 unspecified atom stereocenters. The van der Waals surface area contributed by atoms with E-state index in [0.29, 0.717) is 0 Å². The van der Waals surface area contributed by atoms with Gasteiger partial charge in [0, 0.05) is 0 Å². The monoisotopic (exact) mass is 295 g/mol. The third-order valence-corrected chi connectivity index (χ3v) is 0.498. The first-order valence-corrected chi connectivity index (χ1v) is 2.12. The standard InChI is InChI=1S/C5H8O2.Pt/c1-4(6)3-5(2)7;/h3H2,1-2H3;/q;+2. The van der Waals surface area contributed by atoms with Crippen LogP contribution in [0.15, 0.2) is 0 Å². The second-order valence-corrected chi connectivity index (χ2v) is 1.58. The van der Waals surface area contributed by atoms with E-state index in [2.05, 4.69) is 0 Å². The van der Waals surface area contributed by atoms with Crippen molar-refractivity contribution in [2.75, 3.05) is 0 Å². The summed E-state index contributed by atoms with van der Waals surface area (Å²) in [7, 11) is 0. The molecule has 0 N–H and O–H groups in total. The van der Waals surface area contributed by atoms with Crippen molar-refractivity contribution in [2.24, 2.45) is 0 Å². The molecule has 0 aromatic heterocycles. The van der Waals surface area contributed by atoms with E-state index in [1.54, 1.807) is 0 Å². The maximum absolute atomic E-state index is 10.0. The van der Waals surface area contributed by atoms with Gasteiger partial charge >= 0.3 is 21.1 Å². The Labute approximate surface area is 62.9 Å². The Morgan fingerprint density at radius 2 is 1.38 bits per heavy atom. The molecule has 8 heavy (non-hydrogen) atoms. The van der Waals surface area contributed by atoms with Gasteiger partial charge in [-0.15, -0.1) is 0 Å². The molecular formula is C5H8O2Pt+2. The minimum Gasteiger partial charge on any atom is -0.300 e. The van der Waals surface area contributed by atoms with Gasteiger partial charge < -0.3 is 0 Å². The van der Waals surface area contributed by atoms with E-state index in [1.165, 1.54) is 13.8 Å². The van der Waals surface area contributed by atoms with Gasteiger partial charge in [0.1, 0.15) is 11.6 Å². The molecule has 0 aliphatic heterocycles. The number of carbonyl (C=O) groups excluding carboxylic acids is 2. The quantitative estimate of drug-likeness (QED) is 0.697. The predicted octanol–water partition coefficient (Wildman–Crippen LogP) is 0.552. The van der Waals surface area contributed by atoms with Crippen LogP contribution in [-0.4, -0.2) is 11.6 Å². The molecule has 3 heteroatoms. The number of hydrogen-bond acceptors (Lipinski definition) is 2. The molecule has 0 radical (unpaired) electrons. The second kappa shape index (κ2) is 5.17. The number of rotatable bonds is 2. The molecule has 0 aliphatic rings. The van der Waals surface area contributed by atoms with Crippen LogP contribution in [0.3, 0.4) is 0 Å². The fraction of sp³-hybridized carbons (Fsp3) is 0.600. The third-order valence-electron chi connectivity index (χ3n) is 0.498. The van der Waals surface area contributed by atoms with E-state index < -0.39 is 0 Å². The fourth-order valence-electron chi connectivity index (χ4n) is 0.351. The molecule has 0 amide bonds. The first kappa shape index (κ1) is 10.9. The first-order chi connectivity index (χ1) is 3.13. The van der Waals surface area contributed by atoms with Gasteiger partial charge in [-0.3, -0.25) is 9.59 Å². The zero-order valence-corrected chi connectivity index (χ0v) is 7.11. The molecule has 0 saturated carbocycles. The van der Waals surface area contributed by atoms with E-state index in [9.17, 15) is 9.59 Å². The van der Waals surface area contributed by atoms with Gasteiger partial charge in [-0.25, -0.2) is 0 Å². The third kappa shape index (κ3) is 9.39. The maximum atomic E-state index is 10.0. The summed E-state index contributed by atoms with van der Waals surface area (Å²) < 4.78 is 0. The van der Waals surface area contributed by atoms with E-state index in [4.69, 9.17) is 0 Å². The van der Waals surface area contributed by atoms with Gasteiger partial charge in [0.15, 0.2) is 0 Å². The summed E-state index contributed by atoms with van der Waals surface area (Å²) in [6.45, 7) is 2.81. The SMILES string of the molecule is CC(=O)CC(C)=O.[Pt+2]. The van der Waals surface area contributed by atoms with Crippen molar-refractivity contribution < 1.29 is 30.7 Å². The van der Waals surface area contributed by atoms with Crippen LogP contribution in [-0.2, 0) is 30.7 Å². The minimum atomic E-state index is -0.0625. The molecule has 0 aliphatic carbocycles. The Morgan fingerprint density at radius 3 is 1.38 bits per heavy atom. The number of ketones is 2. The molecule has 0 spiro atoms. The van der Waals surface area contributed by atoms with Gasteiger partial charge in [-0.2, -0.15) is 0 Å². The van der Waals surface area contributed by atoms with Crippen molar-refractivity contribution in [1.82, 2.24) is 0 Å². The van der Waals surface area contributed by atoms with Crippen molar-refractivity contribution in [3.63, 3.8) is 0 Å². The second-order valence-electron chi connectivity index (χ2n) is 1.58. The summed E-state index contributed by atoms with van der Waals surface area (Å²) >= 11 is 0. The maximum Gasteiger partial charge on any atom is 2.00 e. The topological polar surface area (TPSA) is 34.1 Å². The van der Waals surface area contributed by atoms with Crippen LogP contribution in [0.25, 0.3) is 0 Å². The van der Waals surface area contributed by atoms with Gasteiger partial charge in [0.05, 0.1) is 6.42 Å². The molecule has 2 nitrogen and oxygen atoms in total. The average molecular weight is 295 g/mol. The van der Waals surface area contributed by atoms with E-state index in [0.717, 1.165) is 0 Å². The summed E-state index contributed by atoms with van der Waals surface area (Å²) in [4.78, 5) is 20.1. The molecule has 0 bridgehead atoms. The van der Waals surface area contributed by atoms with Crippen molar-refractivity contribution >= 4 is 11.6 Å². The van der Waals surface area contributed by atoms with E-state index >= 15 is 0 Å². The molecule has 0 aromatic rings. The Kier molecular flexibility index (Phi) is 7.05. The summed E-state index contributed by atoms with van der Waals surface area (Å²) in [6, 6.07) is 0. The summed E-state index contributed by atoms with van der Waals surface area (Å²) in [6.07, 6.45) is 0.0833. The molecule has 0 rings (SSSR count). The van der Waals surface area contributed by atoms with Gasteiger partial charge in [0.2, 0.25) is 0 Å². The zero-order valence-electron chi connectivity index (χ0n) is 4.84. The molecular weight excluding hydrogens is 287 g/mol. The first-order valence-electron chi connectivity index (χ1n) is 2.12. The van der Waals surface area contributed by atoms with Gasteiger partial charge in [0.25, 0.3) is 0 Å². The Morgan fingerprint density at radius 1 is 1.12 bits per heavy atom. The van der Waals surface area contributed by atoms with Gasteiger partial charge in [-0.05, 0) is 13.8 Å². The minimum absolute atomic E-state index is 0. The van der Waals surface area contributed by atoms with Crippen molar-refractivity contribution in [2.45, 2.75) is 20.3 Å². The number of hydrogen-bond donors (Lipinski definition) is 0. The smallest absolute Gasteiger partial charge is 0.300 e. The molecule has 0 aromatic carbocycles. The van der Waals surface area contributed by atoms with Crippen LogP contribution in [0.4, 0.5) is 0 Å². The summed E-state index contributed by atoms with van der Waals surface area (Å²) in [5, 5.41) is 0. The summed E-state index contributed by atoms with van der Waals surface area (Å²) in [5.41, 5.74) is 0.